The topological polar surface area (TPSA) is 206 Å². The smallest absolute Gasteiger partial charge is 0.342 e. The molecule has 0 fully saturated rings. The molecule has 4 amide bonds. The van der Waals surface area contributed by atoms with Gasteiger partial charge in [-0.3, -0.25) is 19.2 Å². The van der Waals surface area contributed by atoms with E-state index < -0.39 is 48.0 Å². The van der Waals surface area contributed by atoms with Gasteiger partial charge in [-0.15, -0.1) is 0 Å². The molecule has 0 aromatic carbocycles. The maximum absolute atomic E-state index is 12.8. The molecule has 0 spiro atoms. The third-order valence-corrected chi connectivity index (χ3v) is 5.06. The van der Waals surface area contributed by atoms with Crippen molar-refractivity contribution >= 4 is 35.6 Å². The summed E-state index contributed by atoms with van der Waals surface area (Å²) in [6, 6.07) is -3.17. The highest BCUT2D eigenvalue weighted by molar-refractivity contribution is 5.95. The van der Waals surface area contributed by atoms with Crippen LogP contribution in [0.15, 0.2) is 0 Å². The molecule has 13 heteroatoms. The van der Waals surface area contributed by atoms with E-state index in [-0.39, 0.29) is 18.2 Å². The summed E-state index contributed by atoms with van der Waals surface area (Å²) >= 11 is 0. The van der Waals surface area contributed by atoms with Gasteiger partial charge >= 0.3 is 11.9 Å². The van der Waals surface area contributed by atoms with Gasteiger partial charge in [0.25, 0.3) is 0 Å². The number of hydrogen-bond acceptors (Lipinski definition) is 9. The number of esters is 2. The molecule has 13 nitrogen and oxygen atoms in total. The maximum atomic E-state index is 12.8. The minimum absolute atomic E-state index is 0.164. The second-order valence-electron chi connectivity index (χ2n) is 8.57. The molecular formula is C23H41N5O8. The van der Waals surface area contributed by atoms with Gasteiger partial charge in [-0.1, -0.05) is 6.42 Å². The van der Waals surface area contributed by atoms with E-state index in [9.17, 15) is 28.8 Å². The van der Waals surface area contributed by atoms with E-state index in [2.05, 4.69) is 26.0 Å². The lowest BCUT2D eigenvalue weighted by Gasteiger charge is -2.22. The molecule has 0 heterocycles. The molecule has 0 bridgehead atoms. The molecular weight excluding hydrogens is 474 g/mol. The zero-order valence-electron chi connectivity index (χ0n) is 21.6. The van der Waals surface area contributed by atoms with Crippen molar-refractivity contribution in [2.24, 2.45) is 5.73 Å². The SMILES string of the molecule is CC(=O)NCCCC[C@H](NC(=O)CCCCCN)C(=O)N[C@H](C)C(=O)N[C@H](C)C(=O)OC(=O)[C@@H](C)O. The Bertz CT molecular complexity index is 759. The first-order valence-electron chi connectivity index (χ1n) is 12.2. The van der Waals surface area contributed by atoms with Crippen molar-refractivity contribution in [3.8, 4) is 0 Å². The van der Waals surface area contributed by atoms with Gasteiger partial charge in [0.2, 0.25) is 23.6 Å². The Kier molecular flexibility index (Phi) is 16.7. The normalized spacial score (nSPS) is 13.9. The summed E-state index contributed by atoms with van der Waals surface area (Å²) < 4.78 is 4.43. The van der Waals surface area contributed by atoms with Crippen LogP contribution in [0.5, 0.6) is 0 Å². The second-order valence-corrected chi connectivity index (χ2v) is 8.57. The highest BCUT2D eigenvalue weighted by Crippen LogP contribution is 2.05. The zero-order chi connectivity index (χ0) is 27.7. The molecule has 0 radical (unpaired) electrons. The summed E-state index contributed by atoms with van der Waals surface area (Å²) in [5, 5.41) is 19.3. The van der Waals surface area contributed by atoms with Gasteiger partial charge in [-0.2, -0.15) is 0 Å². The fourth-order valence-corrected chi connectivity index (χ4v) is 2.93. The fraction of sp³-hybridized carbons (Fsp3) is 0.739. The summed E-state index contributed by atoms with van der Waals surface area (Å²) in [4.78, 5) is 71.7. The van der Waals surface area contributed by atoms with Crippen LogP contribution in [0, 0.1) is 0 Å². The van der Waals surface area contributed by atoms with Crippen LogP contribution in [-0.4, -0.2) is 78.0 Å². The minimum atomic E-state index is -1.50. The quantitative estimate of drug-likeness (QED) is 0.0776. The van der Waals surface area contributed by atoms with Crippen molar-refractivity contribution < 1.29 is 38.6 Å². The van der Waals surface area contributed by atoms with Gasteiger partial charge in [0.15, 0.2) is 0 Å². The second kappa shape index (κ2) is 18.2. The van der Waals surface area contributed by atoms with E-state index in [1.165, 1.54) is 20.8 Å². The van der Waals surface area contributed by atoms with Gasteiger partial charge in [0.05, 0.1) is 0 Å². The molecule has 0 rings (SSSR count). The van der Waals surface area contributed by atoms with E-state index in [1.807, 2.05) is 0 Å². The van der Waals surface area contributed by atoms with Crippen LogP contribution in [0.1, 0.15) is 72.6 Å². The number of aliphatic hydroxyl groups excluding tert-OH is 1. The van der Waals surface area contributed by atoms with E-state index in [0.29, 0.717) is 38.8 Å². The zero-order valence-corrected chi connectivity index (χ0v) is 21.6. The Labute approximate surface area is 211 Å². The summed E-state index contributed by atoms with van der Waals surface area (Å²) in [5.41, 5.74) is 5.45. The van der Waals surface area contributed by atoms with Gasteiger partial charge in [-0.05, 0) is 59.4 Å². The lowest BCUT2D eigenvalue weighted by molar-refractivity contribution is -0.167. The summed E-state index contributed by atoms with van der Waals surface area (Å²) in [7, 11) is 0. The number of hydrogen-bond donors (Lipinski definition) is 6. The first-order chi connectivity index (χ1) is 16.9. The molecule has 4 atom stereocenters. The molecule has 0 aliphatic heterocycles. The third kappa shape index (κ3) is 15.0. The van der Waals surface area contributed by atoms with Gasteiger partial charge < -0.3 is 36.8 Å². The molecule has 0 saturated carbocycles. The van der Waals surface area contributed by atoms with Gasteiger partial charge in [0, 0.05) is 19.9 Å². The Morgan fingerprint density at radius 3 is 2.03 bits per heavy atom. The molecule has 0 aliphatic carbocycles. The molecule has 36 heavy (non-hydrogen) atoms. The number of ether oxygens (including phenoxy) is 1. The summed E-state index contributed by atoms with van der Waals surface area (Å²) in [6.07, 6.45) is 2.37. The van der Waals surface area contributed by atoms with Crippen molar-refractivity contribution in [1.29, 1.82) is 0 Å². The third-order valence-electron chi connectivity index (χ3n) is 5.06. The van der Waals surface area contributed by atoms with E-state index >= 15 is 0 Å². The highest BCUT2D eigenvalue weighted by Gasteiger charge is 2.27. The van der Waals surface area contributed by atoms with Gasteiger partial charge in [0.1, 0.15) is 24.2 Å². The largest absolute Gasteiger partial charge is 0.390 e. The van der Waals surface area contributed by atoms with Crippen molar-refractivity contribution in [2.75, 3.05) is 13.1 Å². The van der Waals surface area contributed by atoms with Crippen molar-refractivity contribution in [1.82, 2.24) is 21.3 Å². The Morgan fingerprint density at radius 2 is 1.44 bits per heavy atom. The molecule has 0 aliphatic rings. The average molecular weight is 516 g/mol. The monoisotopic (exact) mass is 515 g/mol. The number of nitrogens with two attached hydrogens (primary N) is 1. The molecule has 0 aromatic heterocycles. The Balaban J connectivity index is 4.93. The maximum Gasteiger partial charge on any atom is 0.342 e. The Hall–Kier alpha value is -3.06. The minimum Gasteiger partial charge on any atom is -0.390 e. The summed E-state index contributed by atoms with van der Waals surface area (Å²) in [5.74, 6) is -3.97. The van der Waals surface area contributed by atoms with Crippen molar-refractivity contribution in [2.45, 2.75) is 96.9 Å². The highest BCUT2D eigenvalue weighted by atomic mass is 16.6. The predicted molar refractivity (Wildman–Crippen MR) is 130 cm³/mol. The van der Waals surface area contributed by atoms with Crippen LogP contribution >= 0.6 is 0 Å². The fourth-order valence-electron chi connectivity index (χ4n) is 2.93. The number of unbranched alkanes of at least 4 members (excludes halogenated alkanes) is 3. The lowest BCUT2D eigenvalue weighted by Crippen LogP contribution is -2.54. The standard InChI is InChI=1S/C23H41N5O8/c1-14(20(32)27-15(2)22(34)36-23(35)16(3)29)26-21(33)18(10-7-9-13-25-17(4)30)28-19(31)11-6-5-8-12-24/h14-16,18,29H,5-13,24H2,1-4H3,(H,25,30)(H,26,33)(H,27,32)(H,28,31)/t14-,15-,16-,18+/m1/s1. The van der Waals surface area contributed by atoms with Crippen LogP contribution in [0.4, 0.5) is 0 Å². The van der Waals surface area contributed by atoms with E-state index in [1.54, 1.807) is 0 Å². The predicted octanol–water partition coefficient (Wildman–Crippen LogP) is -1.24. The molecule has 0 saturated heterocycles. The molecule has 206 valence electrons. The van der Waals surface area contributed by atoms with E-state index in [0.717, 1.165) is 19.8 Å². The molecule has 7 N–H and O–H groups in total. The van der Waals surface area contributed by atoms with Crippen LogP contribution in [0.2, 0.25) is 0 Å². The average Bonchev–Trinajstić information content (AvgIpc) is 2.80. The van der Waals surface area contributed by atoms with Crippen LogP contribution in [0.3, 0.4) is 0 Å². The summed E-state index contributed by atoms with van der Waals surface area (Å²) in [6.45, 7) is 6.18. The van der Waals surface area contributed by atoms with Crippen LogP contribution in [0.25, 0.3) is 0 Å². The molecule has 0 aromatic rings. The van der Waals surface area contributed by atoms with Gasteiger partial charge in [-0.25, -0.2) is 9.59 Å². The van der Waals surface area contributed by atoms with Crippen molar-refractivity contribution in [3.05, 3.63) is 0 Å². The number of nitrogens with one attached hydrogen (secondary N) is 4. The molecule has 0 unspecified atom stereocenters. The first-order valence-corrected chi connectivity index (χ1v) is 12.2. The van der Waals surface area contributed by atoms with Crippen LogP contribution < -0.4 is 27.0 Å². The Morgan fingerprint density at radius 1 is 0.806 bits per heavy atom. The van der Waals surface area contributed by atoms with Crippen LogP contribution in [-0.2, 0) is 33.5 Å². The lowest BCUT2D eigenvalue weighted by atomic mass is 10.1. The number of carbonyl (C=O) groups is 6. The number of carbonyl (C=O) groups excluding carboxylic acids is 6. The number of amides is 4. The number of aliphatic hydroxyl groups is 1. The van der Waals surface area contributed by atoms with Crippen molar-refractivity contribution in [3.63, 3.8) is 0 Å². The first kappa shape index (κ1) is 32.9. The van der Waals surface area contributed by atoms with E-state index in [4.69, 9.17) is 10.8 Å². The number of rotatable bonds is 17.